The fraction of sp³-hybridized carbons (Fsp3) is 0.143. The lowest BCUT2D eigenvalue weighted by Gasteiger charge is -2.05. The molecule has 0 aliphatic carbocycles. The predicted octanol–water partition coefficient (Wildman–Crippen LogP) is 3.49. The average Bonchev–Trinajstić information content (AvgIpc) is 2.85. The van der Waals surface area contributed by atoms with Crippen LogP contribution in [0.1, 0.15) is 15.2 Å². The maximum absolute atomic E-state index is 11.8. The molecule has 0 saturated carbocycles. The minimum atomic E-state index is -0.939. The number of carboxylic acid groups (broad SMARTS) is 1. The molecule has 0 fully saturated rings. The molecular formula is C14H13NO3S2. The second-order valence-corrected chi connectivity index (χ2v) is 6.12. The highest BCUT2D eigenvalue weighted by molar-refractivity contribution is 8.00. The van der Waals surface area contributed by atoms with Crippen LogP contribution in [0.3, 0.4) is 0 Å². The van der Waals surface area contributed by atoms with Crippen molar-refractivity contribution in [3.8, 4) is 0 Å². The van der Waals surface area contributed by atoms with Crippen molar-refractivity contribution in [2.24, 2.45) is 0 Å². The van der Waals surface area contributed by atoms with Gasteiger partial charge in [0.2, 0.25) is 5.91 Å². The quantitative estimate of drug-likeness (QED) is 0.830. The van der Waals surface area contributed by atoms with Gasteiger partial charge in [-0.15, -0.1) is 23.1 Å². The lowest BCUT2D eigenvalue weighted by Crippen LogP contribution is -2.13. The van der Waals surface area contributed by atoms with Gasteiger partial charge in [-0.3, -0.25) is 4.79 Å². The molecule has 1 aromatic carbocycles. The third-order valence-electron chi connectivity index (χ3n) is 2.46. The number of rotatable bonds is 5. The van der Waals surface area contributed by atoms with E-state index >= 15 is 0 Å². The van der Waals surface area contributed by atoms with Crippen molar-refractivity contribution in [2.75, 3.05) is 11.1 Å². The van der Waals surface area contributed by atoms with E-state index in [0.29, 0.717) is 0 Å². The first-order chi connectivity index (χ1) is 9.54. The number of thioether (sulfide) groups is 1. The number of nitrogens with one attached hydrogen (secondary N) is 1. The fourth-order valence-electron chi connectivity index (χ4n) is 1.58. The summed E-state index contributed by atoms with van der Waals surface area (Å²) in [6.45, 7) is 1.96. The summed E-state index contributed by atoms with van der Waals surface area (Å²) in [5, 5.41) is 13.4. The zero-order valence-electron chi connectivity index (χ0n) is 10.8. The molecule has 0 aliphatic rings. The smallest absolute Gasteiger partial charge is 0.345 e. The number of hydrogen-bond acceptors (Lipinski definition) is 4. The molecule has 1 aromatic heterocycles. The molecule has 0 radical (unpaired) electrons. The molecule has 104 valence electrons. The van der Waals surface area contributed by atoms with Crippen molar-refractivity contribution in [3.05, 3.63) is 46.2 Å². The number of aryl methyl sites for hydroxylation is 1. The van der Waals surface area contributed by atoms with Gasteiger partial charge < -0.3 is 10.4 Å². The summed E-state index contributed by atoms with van der Waals surface area (Å²) < 4.78 is 0. The van der Waals surface area contributed by atoms with E-state index < -0.39 is 5.97 Å². The van der Waals surface area contributed by atoms with E-state index in [0.717, 1.165) is 27.5 Å². The van der Waals surface area contributed by atoms with Crippen molar-refractivity contribution in [1.82, 2.24) is 0 Å². The average molecular weight is 307 g/mol. The minimum Gasteiger partial charge on any atom is -0.477 e. The highest BCUT2D eigenvalue weighted by Gasteiger charge is 2.09. The third-order valence-corrected chi connectivity index (χ3v) is 4.50. The van der Waals surface area contributed by atoms with Crippen LogP contribution in [0.2, 0.25) is 0 Å². The molecular weight excluding hydrogens is 294 g/mol. The lowest BCUT2D eigenvalue weighted by molar-refractivity contribution is -0.113. The molecule has 2 rings (SSSR count). The normalized spacial score (nSPS) is 10.2. The molecule has 2 aromatic rings. The summed E-state index contributed by atoms with van der Waals surface area (Å²) in [5.41, 5.74) is 1.85. The number of thiophene rings is 1. The Bertz CT molecular complexity index is 637. The van der Waals surface area contributed by atoms with Gasteiger partial charge in [0.1, 0.15) is 4.88 Å². The molecule has 0 atom stereocenters. The topological polar surface area (TPSA) is 66.4 Å². The summed E-state index contributed by atoms with van der Waals surface area (Å²) in [5.74, 6) is -0.793. The van der Waals surface area contributed by atoms with Gasteiger partial charge in [-0.05, 0) is 30.7 Å². The van der Waals surface area contributed by atoms with Crippen LogP contribution < -0.4 is 5.32 Å². The molecule has 1 amide bonds. The predicted molar refractivity (Wildman–Crippen MR) is 81.8 cm³/mol. The van der Waals surface area contributed by atoms with Crippen LogP contribution in [0, 0.1) is 6.92 Å². The maximum Gasteiger partial charge on any atom is 0.345 e. The van der Waals surface area contributed by atoms with E-state index in [1.54, 1.807) is 11.4 Å². The van der Waals surface area contributed by atoms with Crippen molar-refractivity contribution >= 4 is 40.7 Å². The first-order valence-electron chi connectivity index (χ1n) is 5.86. The Balaban J connectivity index is 1.87. The molecule has 0 bridgehead atoms. The van der Waals surface area contributed by atoms with Crippen molar-refractivity contribution in [3.63, 3.8) is 0 Å². The van der Waals surface area contributed by atoms with Crippen LogP contribution in [-0.4, -0.2) is 22.7 Å². The van der Waals surface area contributed by atoms with E-state index in [2.05, 4.69) is 5.32 Å². The molecule has 6 heteroatoms. The Labute approximate surface area is 124 Å². The molecule has 0 spiro atoms. The van der Waals surface area contributed by atoms with E-state index in [-0.39, 0.29) is 16.5 Å². The number of anilines is 1. The summed E-state index contributed by atoms with van der Waals surface area (Å²) in [6.07, 6.45) is 0. The Morgan fingerprint density at radius 3 is 2.80 bits per heavy atom. The van der Waals surface area contributed by atoms with E-state index in [9.17, 15) is 9.59 Å². The van der Waals surface area contributed by atoms with E-state index in [1.165, 1.54) is 11.8 Å². The number of amides is 1. The molecule has 2 N–H and O–H groups in total. The standard InChI is InChI=1S/C14H13NO3S2/c1-9-3-2-4-10(5-9)15-13(16)8-19-11-6-12(14(17)18)20-7-11/h2-7H,8H2,1H3,(H,15,16)(H,17,18). The van der Waals surface area contributed by atoms with Crippen molar-refractivity contribution in [2.45, 2.75) is 11.8 Å². The number of aromatic carboxylic acids is 1. The van der Waals surface area contributed by atoms with Gasteiger partial charge in [0, 0.05) is 16.0 Å². The number of hydrogen-bond donors (Lipinski definition) is 2. The molecule has 0 aliphatic heterocycles. The Morgan fingerprint density at radius 2 is 2.15 bits per heavy atom. The van der Waals surface area contributed by atoms with Gasteiger partial charge >= 0.3 is 5.97 Å². The van der Waals surface area contributed by atoms with Crippen LogP contribution in [0.25, 0.3) is 0 Å². The van der Waals surface area contributed by atoms with Gasteiger partial charge in [-0.1, -0.05) is 12.1 Å². The van der Waals surface area contributed by atoms with Gasteiger partial charge in [-0.2, -0.15) is 0 Å². The monoisotopic (exact) mass is 307 g/mol. The molecule has 1 heterocycles. The number of carbonyl (C=O) groups is 2. The number of carboxylic acids is 1. The highest BCUT2D eigenvalue weighted by atomic mass is 32.2. The van der Waals surface area contributed by atoms with Gasteiger partial charge in [-0.25, -0.2) is 4.79 Å². The molecule has 0 saturated heterocycles. The highest BCUT2D eigenvalue weighted by Crippen LogP contribution is 2.25. The third kappa shape index (κ3) is 4.11. The van der Waals surface area contributed by atoms with Crippen LogP contribution in [-0.2, 0) is 4.79 Å². The second-order valence-electron chi connectivity index (χ2n) is 4.16. The van der Waals surface area contributed by atoms with Crippen molar-refractivity contribution in [1.29, 1.82) is 0 Å². The number of carbonyl (C=O) groups excluding carboxylic acids is 1. The minimum absolute atomic E-state index is 0.108. The van der Waals surface area contributed by atoms with E-state index in [4.69, 9.17) is 5.11 Å². The molecule has 0 unspecified atom stereocenters. The Hall–Kier alpha value is -1.79. The van der Waals surface area contributed by atoms with Gasteiger partial charge in [0.15, 0.2) is 0 Å². The van der Waals surface area contributed by atoms with E-state index in [1.807, 2.05) is 31.2 Å². The first kappa shape index (κ1) is 14.6. The first-order valence-corrected chi connectivity index (χ1v) is 7.72. The summed E-state index contributed by atoms with van der Waals surface area (Å²) in [7, 11) is 0. The van der Waals surface area contributed by atoms with Gasteiger partial charge in [0.05, 0.1) is 5.75 Å². The lowest BCUT2D eigenvalue weighted by atomic mass is 10.2. The summed E-state index contributed by atoms with van der Waals surface area (Å²) in [4.78, 5) is 23.6. The van der Waals surface area contributed by atoms with Crippen LogP contribution >= 0.6 is 23.1 Å². The summed E-state index contributed by atoms with van der Waals surface area (Å²) in [6, 6.07) is 9.16. The van der Waals surface area contributed by atoms with Crippen LogP contribution in [0.5, 0.6) is 0 Å². The van der Waals surface area contributed by atoms with Crippen LogP contribution in [0.4, 0.5) is 5.69 Å². The van der Waals surface area contributed by atoms with Crippen LogP contribution in [0.15, 0.2) is 40.6 Å². The Morgan fingerprint density at radius 1 is 1.35 bits per heavy atom. The SMILES string of the molecule is Cc1cccc(NC(=O)CSc2csc(C(=O)O)c2)c1. The zero-order valence-corrected chi connectivity index (χ0v) is 12.4. The second kappa shape index (κ2) is 6.58. The fourth-order valence-corrected chi connectivity index (χ4v) is 3.24. The zero-order chi connectivity index (χ0) is 14.5. The largest absolute Gasteiger partial charge is 0.477 e. The number of benzene rings is 1. The summed E-state index contributed by atoms with van der Waals surface area (Å²) >= 11 is 2.49. The van der Waals surface area contributed by atoms with Crippen molar-refractivity contribution < 1.29 is 14.7 Å². The molecule has 20 heavy (non-hydrogen) atoms. The molecule has 4 nitrogen and oxygen atoms in total. The Kier molecular flexibility index (Phi) is 4.81. The maximum atomic E-state index is 11.8. The van der Waals surface area contributed by atoms with Gasteiger partial charge in [0.25, 0.3) is 0 Å².